The van der Waals surface area contributed by atoms with Crippen LogP contribution in [0.1, 0.15) is 23.3 Å². The average Bonchev–Trinajstić information content (AvgIpc) is 3.49. The van der Waals surface area contributed by atoms with E-state index in [2.05, 4.69) is 15.3 Å². The van der Waals surface area contributed by atoms with E-state index in [9.17, 15) is 9.59 Å². The van der Waals surface area contributed by atoms with E-state index in [-0.39, 0.29) is 18.4 Å². The normalized spacial score (nSPS) is 13.1. The summed E-state index contributed by atoms with van der Waals surface area (Å²) in [5.41, 5.74) is 3.25. The van der Waals surface area contributed by atoms with Gasteiger partial charge in [-0.2, -0.15) is 0 Å². The molecule has 0 unspecified atom stereocenters. The van der Waals surface area contributed by atoms with Crippen molar-refractivity contribution in [1.29, 1.82) is 0 Å². The van der Waals surface area contributed by atoms with Gasteiger partial charge in [-0.1, -0.05) is 30.3 Å². The van der Waals surface area contributed by atoms with Crippen LogP contribution in [-0.4, -0.2) is 51.9 Å². The van der Waals surface area contributed by atoms with E-state index >= 15 is 0 Å². The van der Waals surface area contributed by atoms with Crippen LogP contribution in [0.3, 0.4) is 0 Å². The number of rotatable bonds is 7. The summed E-state index contributed by atoms with van der Waals surface area (Å²) in [6.45, 7) is 0.776. The molecule has 1 fully saturated rings. The first kappa shape index (κ1) is 19.8. The Morgan fingerprint density at radius 1 is 1.07 bits per heavy atom. The second kappa shape index (κ2) is 8.49. The third kappa shape index (κ3) is 4.56. The molecule has 7 heteroatoms. The topological polar surface area (TPSA) is 80.1 Å². The predicted octanol–water partition coefficient (Wildman–Crippen LogP) is 2.84. The van der Waals surface area contributed by atoms with Crippen molar-refractivity contribution in [3.05, 3.63) is 60.7 Å². The first-order valence-electron chi connectivity index (χ1n) is 10.1. The molecule has 154 valence electrons. The number of likely N-dealkylation sites (N-methyl/N-ethyl adjacent to an activating group) is 1. The highest BCUT2D eigenvalue weighted by molar-refractivity contribution is 5.96. The number of carbonyl (C=O) groups excluding carboxylic acids is 2. The van der Waals surface area contributed by atoms with E-state index in [0.29, 0.717) is 17.4 Å². The van der Waals surface area contributed by atoms with Crippen molar-refractivity contribution in [1.82, 2.24) is 24.8 Å². The fourth-order valence-corrected chi connectivity index (χ4v) is 3.21. The van der Waals surface area contributed by atoms with Gasteiger partial charge in [-0.05, 0) is 24.8 Å². The third-order valence-corrected chi connectivity index (χ3v) is 5.20. The molecule has 0 radical (unpaired) electrons. The lowest BCUT2D eigenvalue weighted by Crippen LogP contribution is -2.37. The van der Waals surface area contributed by atoms with Crippen LogP contribution >= 0.6 is 0 Å². The largest absolute Gasteiger partial charge is 0.347 e. The molecule has 1 saturated carbocycles. The van der Waals surface area contributed by atoms with Gasteiger partial charge in [-0.3, -0.25) is 9.59 Å². The van der Waals surface area contributed by atoms with Crippen molar-refractivity contribution < 1.29 is 9.59 Å². The summed E-state index contributed by atoms with van der Waals surface area (Å²) in [6, 6.07) is 11.7. The second-order valence-corrected chi connectivity index (χ2v) is 7.84. The summed E-state index contributed by atoms with van der Waals surface area (Å²) in [5, 5.41) is 2.73. The van der Waals surface area contributed by atoms with Gasteiger partial charge in [0.1, 0.15) is 5.69 Å². The first-order chi connectivity index (χ1) is 14.5. The van der Waals surface area contributed by atoms with Gasteiger partial charge in [0.15, 0.2) is 5.82 Å². The number of hydrogen-bond donors (Lipinski definition) is 1. The molecule has 1 aliphatic rings. The van der Waals surface area contributed by atoms with Crippen LogP contribution in [0.2, 0.25) is 0 Å². The molecule has 0 bridgehead atoms. The quantitative estimate of drug-likeness (QED) is 0.658. The SMILES string of the molecule is CN(C)C(=O)CNC(=O)c1cc(-c2cnc(-c3ccccc3)nc2)cn1CC1CC1. The maximum atomic E-state index is 12.7. The minimum Gasteiger partial charge on any atom is -0.347 e. The summed E-state index contributed by atoms with van der Waals surface area (Å²) in [7, 11) is 3.34. The van der Waals surface area contributed by atoms with Gasteiger partial charge in [0.2, 0.25) is 5.91 Å². The van der Waals surface area contributed by atoms with E-state index in [0.717, 1.165) is 23.2 Å². The molecule has 2 aromatic heterocycles. The van der Waals surface area contributed by atoms with Gasteiger partial charge < -0.3 is 14.8 Å². The Morgan fingerprint density at radius 2 is 1.77 bits per heavy atom. The van der Waals surface area contributed by atoms with Gasteiger partial charge in [0.25, 0.3) is 5.91 Å². The van der Waals surface area contributed by atoms with Crippen molar-refractivity contribution in [3.8, 4) is 22.5 Å². The molecule has 3 aromatic rings. The summed E-state index contributed by atoms with van der Waals surface area (Å²) in [4.78, 5) is 35.0. The van der Waals surface area contributed by atoms with Crippen LogP contribution in [0.5, 0.6) is 0 Å². The molecule has 2 heterocycles. The lowest BCUT2D eigenvalue weighted by molar-refractivity contribution is -0.127. The van der Waals surface area contributed by atoms with Crippen molar-refractivity contribution in [3.63, 3.8) is 0 Å². The standard InChI is InChI=1S/C23H25N5O2/c1-27(2)21(29)13-26-23(30)20-10-18(15-28(20)14-16-8-9-16)19-11-24-22(25-12-19)17-6-4-3-5-7-17/h3-7,10-12,15-16H,8-9,13-14H2,1-2H3,(H,26,30). The molecule has 7 nitrogen and oxygen atoms in total. The molecular formula is C23H25N5O2. The second-order valence-electron chi connectivity index (χ2n) is 7.84. The number of nitrogens with zero attached hydrogens (tertiary/aromatic N) is 4. The van der Waals surface area contributed by atoms with Crippen LogP contribution in [0.15, 0.2) is 55.0 Å². The first-order valence-corrected chi connectivity index (χ1v) is 10.1. The van der Waals surface area contributed by atoms with E-state index in [1.807, 2.05) is 47.2 Å². The van der Waals surface area contributed by atoms with Crippen LogP contribution < -0.4 is 5.32 Å². The van der Waals surface area contributed by atoms with Crippen molar-refractivity contribution in [2.45, 2.75) is 19.4 Å². The maximum Gasteiger partial charge on any atom is 0.268 e. The highest BCUT2D eigenvalue weighted by Gasteiger charge is 2.25. The summed E-state index contributed by atoms with van der Waals surface area (Å²) >= 11 is 0. The molecule has 4 rings (SSSR count). The minimum atomic E-state index is -0.251. The minimum absolute atomic E-state index is 0.0232. The average molecular weight is 403 g/mol. The van der Waals surface area contributed by atoms with Gasteiger partial charge in [0, 0.05) is 55.9 Å². The van der Waals surface area contributed by atoms with Crippen molar-refractivity contribution in [2.75, 3.05) is 20.6 Å². The molecule has 0 spiro atoms. The molecule has 0 atom stereocenters. The number of nitrogens with one attached hydrogen (secondary N) is 1. The molecule has 2 amide bonds. The summed E-state index contributed by atoms with van der Waals surface area (Å²) in [5.74, 6) is 0.876. The zero-order valence-corrected chi connectivity index (χ0v) is 17.2. The van der Waals surface area contributed by atoms with Crippen molar-refractivity contribution >= 4 is 11.8 Å². The fraction of sp³-hybridized carbons (Fsp3) is 0.304. The van der Waals surface area contributed by atoms with E-state index in [1.54, 1.807) is 26.5 Å². The number of amides is 2. The van der Waals surface area contributed by atoms with E-state index in [4.69, 9.17) is 0 Å². The Labute approximate surface area is 175 Å². The lowest BCUT2D eigenvalue weighted by atomic mass is 10.1. The van der Waals surface area contributed by atoms with Crippen molar-refractivity contribution in [2.24, 2.45) is 5.92 Å². The number of carbonyl (C=O) groups is 2. The Hall–Kier alpha value is -3.48. The summed E-state index contributed by atoms with van der Waals surface area (Å²) in [6.07, 6.45) is 7.90. The molecule has 30 heavy (non-hydrogen) atoms. The van der Waals surface area contributed by atoms with Crippen LogP contribution in [0.25, 0.3) is 22.5 Å². The van der Waals surface area contributed by atoms with Gasteiger partial charge in [-0.15, -0.1) is 0 Å². The van der Waals surface area contributed by atoms with Gasteiger partial charge in [0.05, 0.1) is 6.54 Å². The van der Waals surface area contributed by atoms with E-state index < -0.39 is 0 Å². The molecule has 1 N–H and O–H groups in total. The predicted molar refractivity (Wildman–Crippen MR) is 115 cm³/mol. The van der Waals surface area contributed by atoms with Gasteiger partial charge in [-0.25, -0.2) is 9.97 Å². The van der Waals surface area contributed by atoms with Crippen LogP contribution in [0.4, 0.5) is 0 Å². The van der Waals surface area contributed by atoms with E-state index in [1.165, 1.54) is 17.7 Å². The summed E-state index contributed by atoms with van der Waals surface area (Å²) < 4.78 is 1.98. The van der Waals surface area contributed by atoms with Crippen LogP contribution in [-0.2, 0) is 11.3 Å². The smallest absolute Gasteiger partial charge is 0.268 e. The van der Waals surface area contributed by atoms with Crippen LogP contribution in [0, 0.1) is 5.92 Å². The maximum absolute atomic E-state index is 12.7. The Kier molecular flexibility index (Phi) is 5.61. The molecular weight excluding hydrogens is 378 g/mol. The zero-order valence-electron chi connectivity index (χ0n) is 17.2. The number of benzene rings is 1. The monoisotopic (exact) mass is 403 g/mol. The Balaban J connectivity index is 1.56. The molecule has 1 aromatic carbocycles. The molecule has 0 saturated heterocycles. The molecule has 0 aliphatic heterocycles. The number of aromatic nitrogens is 3. The third-order valence-electron chi connectivity index (χ3n) is 5.20. The Bertz CT molecular complexity index is 1040. The zero-order chi connectivity index (χ0) is 21.1. The highest BCUT2D eigenvalue weighted by Crippen LogP contribution is 2.32. The van der Waals surface area contributed by atoms with Gasteiger partial charge >= 0.3 is 0 Å². The number of hydrogen-bond acceptors (Lipinski definition) is 4. The molecule has 1 aliphatic carbocycles. The highest BCUT2D eigenvalue weighted by atomic mass is 16.2. The fourth-order valence-electron chi connectivity index (χ4n) is 3.21. The lowest BCUT2D eigenvalue weighted by Gasteiger charge is -2.12. The Morgan fingerprint density at radius 3 is 2.40 bits per heavy atom.